The number of hydrogen-bond acceptors (Lipinski definition) is 5. The van der Waals surface area contributed by atoms with E-state index in [-0.39, 0.29) is 0 Å². The van der Waals surface area contributed by atoms with Gasteiger partial charge in [0.15, 0.2) is 0 Å². The molecular formula is C7H16N2O5S. The molecule has 0 unspecified atom stereocenters. The summed E-state index contributed by atoms with van der Waals surface area (Å²) in [6.07, 6.45) is 0. The number of nitrogens with zero attached hydrogens (tertiary/aromatic N) is 1. The molecule has 1 rings (SSSR count). The Hall–Kier alpha value is -0.250. The SMILES string of the molecule is O=S(=O)(NC(CO)CO)N1CCOCC1. The van der Waals surface area contributed by atoms with Crippen molar-refractivity contribution in [1.82, 2.24) is 9.03 Å². The van der Waals surface area contributed by atoms with Gasteiger partial charge in [-0.25, -0.2) is 0 Å². The second kappa shape index (κ2) is 5.73. The van der Waals surface area contributed by atoms with Crippen molar-refractivity contribution in [2.24, 2.45) is 0 Å². The fourth-order valence-electron chi connectivity index (χ4n) is 1.20. The molecule has 0 radical (unpaired) electrons. The van der Waals surface area contributed by atoms with Crippen LogP contribution >= 0.6 is 0 Å². The highest BCUT2D eigenvalue weighted by molar-refractivity contribution is 7.87. The van der Waals surface area contributed by atoms with E-state index >= 15 is 0 Å². The summed E-state index contributed by atoms with van der Waals surface area (Å²) in [5, 5.41) is 17.5. The van der Waals surface area contributed by atoms with Gasteiger partial charge in [0.1, 0.15) is 0 Å². The third-order valence-electron chi connectivity index (χ3n) is 2.07. The van der Waals surface area contributed by atoms with Crippen LogP contribution in [0.1, 0.15) is 0 Å². The smallest absolute Gasteiger partial charge is 0.280 e. The van der Waals surface area contributed by atoms with Crippen molar-refractivity contribution in [3.63, 3.8) is 0 Å². The number of nitrogens with one attached hydrogen (secondary N) is 1. The molecule has 1 aliphatic heterocycles. The molecule has 1 aliphatic rings. The van der Waals surface area contributed by atoms with Crippen LogP contribution in [0.5, 0.6) is 0 Å². The van der Waals surface area contributed by atoms with E-state index in [1.165, 1.54) is 4.31 Å². The van der Waals surface area contributed by atoms with Gasteiger partial charge in [0.2, 0.25) is 0 Å². The molecule has 0 bridgehead atoms. The maximum atomic E-state index is 11.7. The van der Waals surface area contributed by atoms with Gasteiger partial charge < -0.3 is 14.9 Å². The maximum absolute atomic E-state index is 11.7. The highest BCUT2D eigenvalue weighted by atomic mass is 32.2. The van der Waals surface area contributed by atoms with Crippen LogP contribution in [0, 0.1) is 0 Å². The third kappa shape index (κ3) is 3.67. The lowest BCUT2D eigenvalue weighted by Gasteiger charge is -2.27. The fraction of sp³-hybridized carbons (Fsp3) is 1.00. The fourth-order valence-corrected chi connectivity index (χ4v) is 2.55. The van der Waals surface area contributed by atoms with E-state index in [0.717, 1.165) is 0 Å². The molecule has 1 saturated heterocycles. The third-order valence-corrected chi connectivity index (χ3v) is 3.74. The number of rotatable bonds is 5. The normalized spacial score (nSPS) is 19.7. The molecule has 8 heteroatoms. The van der Waals surface area contributed by atoms with Crippen LogP contribution in [0.4, 0.5) is 0 Å². The summed E-state index contributed by atoms with van der Waals surface area (Å²) in [4.78, 5) is 0. The maximum Gasteiger partial charge on any atom is 0.280 e. The molecule has 0 aromatic carbocycles. The van der Waals surface area contributed by atoms with Gasteiger partial charge >= 0.3 is 0 Å². The Balaban J connectivity index is 2.56. The summed E-state index contributed by atoms with van der Waals surface area (Å²) in [7, 11) is -3.62. The van der Waals surface area contributed by atoms with Crippen molar-refractivity contribution < 1.29 is 23.4 Å². The molecule has 90 valence electrons. The van der Waals surface area contributed by atoms with Crippen LogP contribution in [0.25, 0.3) is 0 Å². The minimum atomic E-state index is -3.62. The minimum Gasteiger partial charge on any atom is -0.395 e. The summed E-state index contributed by atoms with van der Waals surface area (Å²) in [6.45, 7) is 0.450. The summed E-state index contributed by atoms with van der Waals surface area (Å²) in [6, 6.07) is -0.849. The van der Waals surface area contributed by atoms with Gasteiger partial charge in [0, 0.05) is 13.1 Å². The average molecular weight is 240 g/mol. The molecule has 1 heterocycles. The number of hydrogen-bond donors (Lipinski definition) is 3. The lowest BCUT2D eigenvalue weighted by atomic mass is 10.4. The van der Waals surface area contributed by atoms with Crippen LogP contribution in [0.2, 0.25) is 0 Å². The van der Waals surface area contributed by atoms with Gasteiger partial charge in [-0.2, -0.15) is 17.4 Å². The van der Waals surface area contributed by atoms with Crippen molar-refractivity contribution in [3.8, 4) is 0 Å². The van der Waals surface area contributed by atoms with Gasteiger partial charge in [-0.15, -0.1) is 0 Å². The first kappa shape index (κ1) is 12.8. The molecule has 7 nitrogen and oxygen atoms in total. The van der Waals surface area contributed by atoms with E-state index in [1.807, 2.05) is 0 Å². The van der Waals surface area contributed by atoms with E-state index < -0.39 is 29.5 Å². The molecule has 0 aliphatic carbocycles. The average Bonchev–Trinajstić information content (AvgIpc) is 2.27. The molecule has 0 amide bonds. The van der Waals surface area contributed by atoms with Crippen molar-refractivity contribution in [2.75, 3.05) is 39.5 Å². The molecule has 3 N–H and O–H groups in total. The Morgan fingerprint density at radius 3 is 2.27 bits per heavy atom. The van der Waals surface area contributed by atoms with Crippen molar-refractivity contribution >= 4 is 10.2 Å². The van der Waals surface area contributed by atoms with Crippen LogP contribution in [-0.4, -0.2) is 68.5 Å². The highest BCUT2D eigenvalue weighted by Crippen LogP contribution is 2.03. The van der Waals surface area contributed by atoms with Crippen molar-refractivity contribution in [1.29, 1.82) is 0 Å². The van der Waals surface area contributed by atoms with Gasteiger partial charge in [-0.1, -0.05) is 0 Å². The monoisotopic (exact) mass is 240 g/mol. The second-order valence-electron chi connectivity index (χ2n) is 3.20. The largest absolute Gasteiger partial charge is 0.395 e. The number of ether oxygens (including phenoxy) is 1. The molecule has 15 heavy (non-hydrogen) atoms. The standard InChI is InChI=1S/C7H16N2O5S/c10-5-7(6-11)8-15(12,13)9-1-3-14-4-2-9/h7-8,10-11H,1-6H2. The predicted octanol–water partition coefficient (Wildman–Crippen LogP) is -2.49. The summed E-state index contributed by atoms with van der Waals surface area (Å²) < 4.78 is 31.8. The van der Waals surface area contributed by atoms with Crippen molar-refractivity contribution in [2.45, 2.75) is 6.04 Å². The van der Waals surface area contributed by atoms with Gasteiger partial charge in [0.25, 0.3) is 10.2 Å². The molecular weight excluding hydrogens is 224 g/mol. The first-order valence-electron chi connectivity index (χ1n) is 4.67. The lowest BCUT2D eigenvalue weighted by molar-refractivity contribution is 0.0718. The zero-order valence-electron chi connectivity index (χ0n) is 8.29. The molecule has 0 saturated carbocycles. The van der Waals surface area contributed by atoms with Crippen LogP contribution in [0.3, 0.4) is 0 Å². The molecule has 0 spiro atoms. The highest BCUT2D eigenvalue weighted by Gasteiger charge is 2.26. The Kier molecular flexibility index (Phi) is 4.90. The Morgan fingerprint density at radius 2 is 1.80 bits per heavy atom. The van der Waals surface area contributed by atoms with Crippen LogP contribution in [0.15, 0.2) is 0 Å². The number of aliphatic hydroxyl groups is 2. The van der Waals surface area contributed by atoms with E-state index in [9.17, 15) is 8.42 Å². The zero-order valence-corrected chi connectivity index (χ0v) is 9.11. The van der Waals surface area contributed by atoms with E-state index in [4.69, 9.17) is 14.9 Å². The minimum absolute atomic E-state index is 0.291. The lowest BCUT2D eigenvalue weighted by Crippen LogP contribution is -2.51. The first-order chi connectivity index (χ1) is 7.10. The van der Waals surface area contributed by atoms with Gasteiger partial charge in [-0.05, 0) is 0 Å². The number of aliphatic hydroxyl groups excluding tert-OH is 2. The molecule has 0 aromatic heterocycles. The van der Waals surface area contributed by atoms with Gasteiger partial charge in [0.05, 0.1) is 32.5 Å². The predicted molar refractivity (Wildman–Crippen MR) is 52.4 cm³/mol. The van der Waals surface area contributed by atoms with E-state index in [0.29, 0.717) is 26.3 Å². The van der Waals surface area contributed by atoms with Crippen LogP contribution < -0.4 is 4.72 Å². The molecule has 1 fully saturated rings. The quantitative estimate of drug-likeness (QED) is 0.493. The Bertz CT molecular complexity index is 271. The summed E-state index contributed by atoms with van der Waals surface area (Å²) >= 11 is 0. The summed E-state index contributed by atoms with van der Waals surface area (Å²) in [5.74, 6) is 0. The molecule has 0 atom stereocenters. The van der Waals surface area contributed by atoms with Crippen molar-refractivity contribution in [3.05, 3.63) is 0 Å². The summed E-state index contributed by atoms with van der Waals surface area (Å²) in [5.41, 5.74) is 0. The Morgan fingerprint density at radius 1 is 1.27 bits per heavy atom. The van der Waals surface area contributed by atoms with Gasteiger partial charge in [-0.3, -0.25) is 0 Å². The van der Waals surface area contributed by atoms with E-state index in [2.05, 4.69) is 4.72 Å². The topological polar surface area (TPSA) is 99.1 Å². The zero-order chi connectivity index (χ0) is 11.3. The Labute approximate surface area is 88.8 Å². The number of morpholine rings is 1. The van der Waals surface area contributed by atoms with Crippen LogP contribution in [-0.2, 0) is 14.9 Å². The van der Waals surface area contributed by atoms with E-state index in [1.54, 1.807) is 0 Å². The first-order valence-corrected chi connectivity index (χ1v) is 6.11. The molecule has 0 aromatic rings. The second-order valence-corrected chi connectivity index (χ2v) is 4.90.